The Kier molecular flexibility index (Phi) is 4.41. The molecule has 3 nitrogen and oxygen atoms in total. The van der Waals surface area contributed by atoms with E-state index >= 15 is 0 Å². The number of alkyl halides is 3. The molecule has 142 valence electrons. The number of benzene rings is 3. The lowest BCUT2D eigenvalue weighted by atomic mass is 9.94. The predicted molar refractivity (Wildman–Crippen MR) is 103 cm³/mol. The van der Waals surface area contributed by atoms with E-state index in [4.69, 9.17) is 0 Å². The van der Waals surface area contributed by atoms with E-state index in [0.717, 1.165) is 22.3 Å². The van der Waals surface area contributed by atoms with Crippen LogP contribution in [0.2, 0.25) is 0 Å². The van der Waals surface area contributed by atoms with Crippen LogP contribution in [0, 0.1) is 0 Å². The minimum Gasteiger partial charge on any atom is -0.285 e. The number of rotatable bonds is 3. The summed E-state index contributed by atoms with van der Waals surface area (Å²) in [6, 6.07) is 18.1. The molecule has 3 aromatic carbocycles. The van der Waals surface area contributed by atoms with Gasteiger partial charge in [0.05, 0.1) is 11.3 Å². The number of hydrogen-bond acceptors (Lipinski definition) is 2. The van der Waals surface area contributed by atoms with Crippen molar-refractivity contribution >= 4 is 5.69 Å². The van der Waals surface area contributed by atoms with Gasteiger partial charge in [0, 0.05) is 14.1 Å². The summed E-state index contributed by atoms with van der Waals surface area (Å²) in [6.07, 6.45) is -3.80. The van der Waals surface area contributed by atoms with Crippen LogP contribution in [0.1, 0.15) is 16.7 Å². The van der Waals surface area contributed by atoms with Crippen molar-refractivity contribution in [2.24, 2.45) is 10.3 Å². The smallest absolute Gasteiger partial charge is 0.285 e. The van der Waals surface area contributed by atoms with Crippen LogP contribution in [-0.4, -0.2) is 19.1 Å². The highest BCUT2D eigenvalue weighted by Gasteiger charge is 2.34. The van der Waals surface area contributed by atoms with Crippen molar-refractivity contribution in [3.8, 4) is 22.3 Å². The second kappa shape index (κ2) is 6.78. The average Bonchev–Trinajstić information content (AvgIpc) is 3.04. The topological polar surface area (TPSA) is 28.0 Å². The molecule has 1 aliphatic rings. The third-order valence-corrected chi connectivity index (χ3v) is 4.80. The van der Waals surface area contributed by atoms with Gasteiger partial charge in [-0.1, -0.05) is 53.8 Å². The Balaban J connectivity index is 1.84. The van der Waals surface area contributed by atoms with Gasteiger partial charge in [-0.2, -0.15) is 13.2 Å². The molecule has 3 aromatic rings. The van der Waals surface area contributed by atoms with Crippen LogP contribution in [0.5, 0.6) is 0 Å². The van der Waals surface area contributed by atoms with Gasteiger partial charge in [-0.3, -0.25) is 5.01 Å². The molecule has 6 heteroatoms. The summed E-state index contributed by atoms with van der Waals surface area (Å²) in [5, 5.41) is 8.81. The number of halogens is 3. The highest BCUT2D eigenvalue weighted by atomic mass is 19.4. The fourth-order valence-electron chi connectivity index (χ4n) is 3.58. The van der Waals surface area contributed by atoms with Gasteiger partial charge in [0.15, 0.2) is 0 Å². The molecule has 0 spiro atoms. The van der Waals surface area contributed by atoms with Gasteiger partial charge in [0.2, 0.25) is 0 Å². The molecule has 0 bridgehead atoms. The summed E-state index contributed by atoms with van der Waals surface area (Å²) < 4.78 is 40.9. The summed E-state index contributed by atoms with van der Waals surface area (Å²) in [5.41, 5.74) is 4.84. The molecular formula is C22H18F3N3. The van der Waals surface area contributed by atoms with Crippen molar-refractivity contribution in [1.29, 1.82) is 0 Å². The molecule has 0 aromatic heterocycles. The van der Waals surface area contributed by atoms with Crippen molar-refractivity contribution in [1.82, 2.24) is 5.01 Å². The summed E-state index contributed by atoms with van der Waals surface area (Å²) in [7, 11) is 3.21. The maximum atomic E-state index is 13.6. The van der Waals surface area contributed by atoms with Crippen molar-refractivity contribution < 1.29 is 13.2 Å². The molecule has 0 atom stereocenters. The Labute approximate surface area is 161 Å². The summed E-state index contributed by atoms with van der Waals surface area (Å²) in [6.45, 7) is 0. The second-order valence-electron chi connectivity index (χ2n) is 6.93. The molecule has 0 unspecified atom stereocenters. The molecule has 0 amide bonds. The lowest BCUT2D eigenvalue weighted by molar-refractivity contribution is -0.137. The Morgan fingerprint density at radius 3 is 2.32 bits per heavy atom. The van der Waals surface area contributed by atoms with Crippen molar-refractivity contribution in [3.63, 3.8) is 0 Å². The maximum Gasteiger partial charge on any atom is 0.418 e. The second-order valence-corrected chi connectivity index (χ2v) is 6.93. The van der Waals surface area contributed by atoms with E-state index in [1.165, 1.54) is 22.7 Å². The first kappa shape index (κ1) is 18.2. The molecule has 4 rings (SSSR count). The lowest BCUT2D eigenvalue weighted by Gasteiger charge is -2.14. The largest absolute Gasteiger partial charge is 0.418 e. The van der Waals surface area contributed by atoms with Gasteiger partial charge in [0.1, 0.15) is 0 Å². The van der Waals surface area contributed by atoms with E-state index in [0.29, 0.717) is 12.0 Å². The quantitative estimate of drug-likeness (QED) is 0.294. The SMILES string of the molecule is CN(C)N=Nc1ccc(-c2cccc3c2Cc2ccccc2-3)cc1C(F)(F)F. The molecule has 0 radical (unpaired) electrons. The zero-order chi connectivity index (χ0) is 19.9. The van der Waals surface area contributed by atoms with E-state index in [1.54, 1.807) is 20.2 Å². The van der Waals surface area contributed by atoms with Gasteiger partial charge >= 0.3 is 6.18 Å². The number of nitrogens with zero attached hydrogens (tertiary/aromatic N) is 3. The molecule has 0 N–H and O–H groups in total. The molecular weight excluding hydrogens is 363 g/mol. The average molecular weight is 381 g/mol. The first-order chi connectivity index (χ1) is 13.3. The van der Waals surface area contributed by atoms with E-state index in [1.807, 2.05) is 30.3 Å². The molecule has 0 fully saturated rings. The van der Waals surface area contributed by atoms with E-state index in [-0.39, 0.29) is 5.69 Å². The van der Waals surface area contributed by atoms with E-state index < -0.39 is 11.7 Å². The van der Waals surface area contributed by atoms with Crippen LogP contribution in [0.25, 0.3) is 22.3 Å². The Morgan fingerprint density at radius 2 is 1.57 bits per heavy atom. The highest BCUT2D eigenvalue weighted by Crippen LogP contribution is 2.44. The zero-order valence-electron chi connectivity index (χ0n) is 15.5. The minimum absolute atomic E-state index is 0.194. The monoisotopic (exact) mass is 381 g/mol. The normalized spacial score (nSPS) is 12.9. The third kappa shape index (κ3) is 3.26. The summed E-state index contributed by atoms with van der Waals surface area (Å²) >= 11 is 0. The van der Waals surface area contributed by atoms with Gasteiger partial charge in [-0.25, -0.2) is 0 Å². The molecule has 0 saturated heterocycles. The number of hydrogen-bond donors (Lipinski definition) is 0. The zero-order valence-corrected chi connectivity index (χ0v) is 15.5. The standard InChI is InChI=1S/C22H18F3N3/c1-28(2)27-26-21-11-10-15(13-20(21)22(23,24)25)17-8-5-9-18-16-7-4-3-6-14(16)12-19(17)18/h3-11,13H,12H2,1-2H3. The molecule has 0 saturated carbocycles. The molecule has 28 heavy (non-hydrogen) atoms. The van der Waals surface area contributed by atoms with Crippen molar-refractivity contribution in [3.05, 3.63) is 77.4 Å². The fraction of sp³-hybridized carbons (Fsp3) is 0.182. The van der Waals surface area contributed by atoms with Crippen LogP contribution in [0.3, 0.4) is 0 Å². The number of fused-ring (bicyclic) bond motifs is 3. The van der Waals surface area contributed by atoms with Crippen molar-refractivity contribution in [2.45, 2.75) is 12.6 Å². The van der Waals surface area contributed by atoms with Crippen LogP contribution < -0.4 is 0 Å². The van der Waals surface area contributed by atoms with Crippen LogP contribution in [0.4, 0.5) is 18.9 Å². The van der Waals surface area contributed by atoms with Crippen LogP contribution in [-0.2, 0) is 12.6 Å². The molecule has 0 heterocycles. The minimum atomic E-state index is -4.52. The van der Waals surface area contributed by atoms with Gasteiger partial charge in [-0.15, -0.1) is 5.11 Å². The van der Waals surface area contributed by atoms with E-state index in [2.05, 4.69) is 22.5 Å². The van der Waals surface area contributed by atoms with E-state index in [9.17, 15) is 13.2 Å². The predicted octanol–water partition coefficient (Wildman–Crippen LogP) is 6.50. The van der Waals surface area contributed by atoms with Crippen molar-refractivity contribution in [2.75, 3.05) is 14.1 Å². The lowest BCUT2D eigenvalue weighted by Crippen LogP contribution is -2.06. The Morgan fingerprint density at radius 1 is 0.857 bits per heavy atom. The summed E-state index contributed by atoms with van der Waals surface area (Å²) in [4.78, 5) is 0. The van der Waals surface area contributed by atoms with Gasteiger partial charge < -0.3 is 0 Å². The third-order valence-electron chi connectivity index (χ3n) is 4.80. The summed E-state index contributed by atoms with van der Waals surface area (Å²) in [5.74, 6) is 0. The Bertz CT molecular complexity index is 1070. The van der Waals surface area contributed by atoms with Gasteiger partial charge in [-0.05, 0) is 51.9 Å². The molecule has 0 aliphatic heterocycles. The molecule has 1 aliphatic carbocycles. The fourth-order valence-corrected chi connectivity index (χ4v) is 3.58. The maximum absolute atomic E-state index is 13.6. The highest BCUT2D eigenvalue weighted by molar-refractivity contribution is 5.85. The first-order valence-electron chi connectivity index (χ1n) is 8.85. The van der Waals surface area contributed by atoms with Crippen LogP contribution in [0.15, 0.2) is 71.0 Å². The first-order valence-corrected chi connectivity index (χ1v) is 8.85. The van der Waals surface area contributed by atoms with Crippen LogP contribution >= 0.6 is 0 Å². The van der Waals surface area contributed by atoms with Gasteiger partial charge in [0.25, 0.3) is 0 Å². The Hall–Kier alpha value is -3.15.